The Balaban J connectivity index is 1.22. The minimum Gasteiger partial charge on any atom is -0.438 e. The van der Waals surface area contributed by atoms with E-state index in [9.17, 15) is 28.5 Å². The summed E-state index contributed by atoms with van der Waals surface area (Å²) in [6.45, 7) is 9.27. The molecule has 4 aromatic heterocycles. The van der Waals surface area contributed by atoms with Crippen molar-refractivity contribution in [1.29, 1.82) is 0 Å². The first-order chi connectivity index (χ1) is 24.9. The standard InChI is InChI=1S/C29H44N10O12P2/c1-28(2,3)26(40)48-16-50-52(42,43)18-46-9-7-38-14-36-20-22(32-12-34-24(20)38)30-11-31-23-21-25(35-13-33-23)39(15-37-21)8-10-47-19-53(44,45)51-17-49-27(41)29(4,5)6/h12-15H,7-11,16-19H2,1-6H3,(H,42,43)(H,44,45)(H,30,32,34)(H,31,33,35). The van der Waals surface area contributed by atoms with E-state index < -0.39 is 64.2 Å². The molecule has 0 saturated heterocycles. The van der Waals surface area contributed by atoms with Crippen LogP contribution in [0, 0.1) is 10.8 Å². The largest absolute Gasteiger partial charge is 0.438 e. The van der Waals surface area contributed by atoms with E-state index in [-0.39, 0.29) is 33.0 Å². The van der Waals surface area contributed by atoms with E-state index >= 15 is 0 Å². The number of rotatable bonds is 20. The molecular formula is C29H44N10O12P2. The predicted molar refractivity (Wildman–Crippen MR) is 187 cm³/mol. The summed E-state index contributed by atoms with van der Waals surface area (Å²) in [5.41, 5.74) is 0.352. The lowest BCUT2D eigenvalue weighted by Gasteiger charge is -2.18. The van der Waals surface area contributed by atoms with Gasteiger partial charge >= 0.3 is 27.1 Å². The second kappa shape index (κ2) is 17.8. The maximum Gasteiger partial charge on any atom is 0.356 e. The van der Waals surface area contributed by atoms with Gasteiger partial charge in [-0.25, -0.2) is 29.9 Å². The second-order valence-electron chi connectivity index (χ2n) is 13.4. The normalized spacial score (nSPS) is 14.5. The van der Waals surface area contributed by atoms with Crippen LogP contribution in [0.5, 0.6) is 0 Å². The molecule has 4 aromatic rings. The molecule has 53 heavy (non-hydrogen) atoms. The molecule has 0 aliphatic rings. The summed E-state index contributed by atoms with van der Waals surface area (Å²) in [5, 5.41) is 6.26. The summed E-state index contributed by atoms with van der Waals surface area (Å²) in [4.78, 5) is 69.3. The molecule has 0 fully saturated rings. The summed E-state index contributed by atoms with van der Waals surface area (Å²) in [6.07, 6.45) is 4.56. The molecule has 2 atom stereocenters. The van der Waals surface area contributed by atoms with Crippen LogP contribution >= 0.6 is 15.2 Å². The average Bonchev–Trinajstić information content (AvgIpc) is 3.69. The molecule has 0 aliphatic carbocycles. The first-order valence-electron chi connectivity index (χ1n) is 16.1. The molecule has 0 aromatic carbocycles. The van der Waals surface area contributed by atoms with Gasteiger partial charge in [-0.3, -0.25) is 27.8 Å². The summed E-state index contributed by atoms with van der Waals surface area (Å²) in [7, 11) is -8.32. The summed E-state index contributed by atoms with van der Waals surface area (Å²) in [6, 6.07) is 0. The van der Waals surface area contributed by atoms with Crippen molar-refractivity contribution in [2.45, 2.75) is 54.6 Å². The van der Waals surface area contributed by atoms with Crippen molar-refractivity contribution in [2.75, 3.05) is 56.8 Å². The van der Waals surface area contributed by atoms with Crippen molar-refractivity contribution in [1.82, 2.24) is 39.0 Å². The SMILES string of the molecule is CC(C)(C)C(=O)OCOP(=O)(O)COCCn1cnc2c(NCNc3ncnc4c3ncn4CCOCP(=O)(O)OCOC(=O)C(C)(C)C)ncnc21. The van der Waals surface area contributed by atoms with Crippen LogP contribution in [0.4, 0.5) is 11.6 Å². The van der Waals surface area contributed by atoms with Gasteiger partial charge in [0.05, 0.1) is 43.4 Å². The van der Waals surface area contributed by atoms with Crippen LogP contribution < -0.4 is 10.6 Å². The molecule has 0 aliphatic heterocycles. The Kier molecular flexibility index (Phi) is 14.0. The van der Waals surface area contributed by atoms with Gasteiger partial charge in [-0.15, -0.1) is 0 Å². The zero-order valence-corrected chi connectivity index (χ0v) is 31.9. The van der Waals surface area contributed by atoms with Crippen LogP contribution in [0.3, 0.4) is 0 Å². The Morgan fingerprint density at radius 1 is 0.679 bits per heavy atom. The third kappa shape index (κ3) is 12.5. The fourth-order valence-corrected chi connectivity index (χ4v) is 5.38. The number of fused-ring (bicyclic) bond motifs is 2. The maximum atomic E-state index is 12.2. The number of ether oxygens (including phenoxy) is 4. The van der Waals surface area contributed by atoms with Gasteiger partial charge in [0.2, 0.25) is 13.6 Å². The number of hydrogen-bond donors (Lipinski definition) is 4. The molecule has 4 rings (SSSR count). The van der Waals surface area contributed by atoms with E-state index in [1.807, 2.05) is 0 Å². The number of imidazole rings is 2. The molecule has 2 unspecified atom stereocenters. The zero-order chi connectivity index (χ0) is 38.9. The first kappa shape index (κ1) is 41.6. The maximum absolute atomic E-state index is 12.2. The summed E-state index contributed by atoms with van der Waals surface area (Å²) >= 11 is 0. The highest BCUT2D eigenvalue weighted by molar-refractivity contribution is 7.52. The third-order valence-corrected chi connectivity index (χ3v) is 8.93. The van der Waals surface area contributed by atoms with Crippen LogP contribution in [0.1, 0.15) is 41.5 Å². The van der Waals surface area contributed by atoms with Gasteiger partial charge in [-0.1, -0.05) is 0 Å². The fourth-order valence-electron chi connectivity index (χ4n) is 4.08. The lowest BCUT2D eigenvalue weighted by atomic mass is 9.98. The minimum atomic E-state index is -4.16. The molecule has 0 bridgehead atoms. The Morgan fingerprint density at radius 2 is 1.08 bits per heavy atom. The highest BCUT2D eigenvalue weighted by Gasteiger charge is 2.27. The fraction of sp³-hybridized carbons (Fsp3) is 0.586. The Labute approximate surface area is 304 Å². The van der Waals surface area contributed by atoms with Gasteiger partial charge in [-0.05, 0) is 41.5 Å². The van der Waals surface area contributed by atoms with Crippen molar-refractivity contribution in [2.24, 2.45) is 10.8 Å². The van der Waals surface area contributed by atoms with Crippen LogP contribution in [0.15, 0.2) is 25.3 Å². The van der Waals surface area contributed by atoms with Crippen LogP contribution in [-0.4, -0.2) is 107 Å². The Bertz CT molecular complexity index is 1820. The summed E-state index contributed by atoms with van der Waals surface area (Å²) in [5.74, 6) is -0.298. The van der Waals surface area contributed by atoms with Crippen molar-refractivity contribution in [3.05, 3.63) is 25.3 Å². The smallest absolute Gasteiger partial charge is 0.356 e. The van der Waals surface area contributed by atoms with E-state index in [1.165, 1.54) is 25.3 Å². The number of nitrogens with zero attached hydrogens (tertiary/aromatic N) is 8. The average molecular weight is 787 g/mol. The number of carbonyl (C=O) groups is 2. The number of aromatic nitrogens is 8. The van der Waals surface area contributed by atoms with Crippen molar-refractivity contribution < 1.29 is 56.5 Å². The van der Waals surface area contributed by atoms with Gasteiger partial charge in [0, 0.05) is 13.1 Å². The van der Waals surface area contributed by atoms with Gasteiger partial charge < -0.3 is 48.5 Å². The van der Waals surface area contributed by atoms with Gasteiger partial charge in [-0.2, -0.15) is 0 Å². The van der Waals surface area contributed by atoms with E-state index in [1.54, 1.807) is 50.7 Å². The molecule has 22 nitrogen and oxygen atoms in total. The monoisotopic (exact) mass is 786 g/mol. The summed E-state index contributed by atoms with van der Waals surface area (Å²) < 4.78 is 57.8. The van der Waals surface area contributed by atoms with E-state index in [0.29, 0.717) is 34.0 Å². The number of nitrogens with one attached hydrogen (secondary N) is 2. The van der Waals surface area contributed by atoms with Gasteiger partial charge in [0.15, 0.2) is 22.9 Å². The van der Waals surface area contributed by atoms with Crippen molar-refractivity contribution >= 4 is 61.1 Å². The first-order valence-corrected chi connectivity index (χ1v) is 19.6. The molecular weight excluding hydrogens is 742 g/mol. The highest BCUT2D eigenvalue weighted by atomic mass is 31.2. The number of esters is 2. The van der Waals surface area contributed by atoms with Crippen LogP contribution in [0.25, 0.3) is 22.3 Å². The zero-order valence-electron chi connectivity index (χ0n) is 30.1. The third-order valence-electron chi connectivity index (χ3n) is 6.89. The molecule has 292 valence electrons. The second-order valence-corrected chi connectivity index (χ2v) is 17.0. The predicted octanol–water partition coefficient (Wildman–Crippen LogP) is 2.89. The van der Waals surface area contributed by atoms with E-state index in [2.05, 4.69) is 40.5 Å². The number of hydrogen-bond acceptors (Lipinski definition) is 18. The quantitative estimate of drug-likeness (QED) is 0.0434. The topological polar surface area (TPSA) is 275 Å². The van der Waals surface area contributed by atoms with Crippen molar-refractivity contribution in [3.63, 3.8) is 0 Å². The molecule has 0 saturated carbocycles. The minimum absolute atomic E-state index is 0.0328. The molecule has 24 heteroatoms. The number of anilines is 2. The Hall–Kier alpha value is -4.14. The van der Waals surface area contributed by atoms with Gasteiger partial charge in [0.1, 0.15) is 36.4 Å². The number of carbonyl (C=O) groups excluding carboxylic acids is 2. The molecule has 4 heterocycles. The molecule has 0 amide bonds. The van der Waals surface area contributed by atoms with E-state index in [0.717, 1.165) is 0 Å². The van der Waals surface area contributed by atoms with E-state index in [4.69, 9.17) is 28.0 Å². The Morgan fingerprint density at radius 3 is 1.45 bits per heavy atom. The van der Waals surface area contributed by atoms with Crippen LogP contribution in [-0.2, 0) is 59.8 Å². The van der Waals surface area contributed by atoms with Gasteiger partial charge in [0.25, 0.3) is 0 Å². The lowest BCUT2D eigenvalue weighted by Crippen LogP contribution is -2.23. The molecule has 0 radical (unpaired) electrons. The molecule has 4 N–H and O–H groups in total. The lowest BCUT2D eigenvalue weighted by molar-refractivity contribution is -0.160. The van der Waals surface area contributed by atoms with Crippen molar-refractivity contribution in [3.8, 4) is 0 Å². The van der Waals surface area contributed by atoms with Crippen LogP contribution in [0.2, 0.25) is 0 Å². The molecule has 0 spiro atoms. The highest BCUT2D eigenvalue weighted by Crippen LogP contribution is 2.42.